The topological polar surface area (TPSA) is 81.6 Å². The van der Waals surface area contributed by atoms with Gasteiger partial charge in [0, 0.05) is 49.8 Å². The van der Waals surface area contributed by atoms with Crippen molar-refractivity contribution in [3.63, 3.8) is 0 Å². The SMILES string of the molecule is COCCC[C@@]1(CO)CN(Cc2ccc(-c3ccn[nH]3)s2)CC[C@H]1O. The first-order chi connectivity index (χ1) is 12.2. The van der Waals surface area contributed by atoms with Gasteiger partial charge in [-0.3, -0.25) is 10.00 Å². The van der Waals surface area contributed by atoms with Crippen LogP contribution in [0.15, 0.2) is 24.4 Å². The highest BCUT2D eigenvalue weighted by Gasteiger charge is 2.41. The standard InChI is InChI=1S/C18H27N3O3S/c1-24-10-2-7-18(13-22)12-21(9-6-17(18)23)11-14-3-4-16(25-14)15-5-8-19-20-15/h3-5,8,17,22-23H,2,6-7,9-13H2,1H3,(H,19,20)/t17-,18+/m1/s1. The maximum atomic E-state index is 10.5. The fourth-order valence-corrected chi connectivity index (χ4v) is 4.67. The van der Waals surface area contributed by atoms with Gasteiger partial charge in [0.1, 0.15) is 0 Å². The molecule has 2 atom stereocenters. The molecule has 0 amide bonds. The Morgan fingerprint density at radius 1 is 1.44 bits per heavy atom. The highest BCUT2D eigenvalue weighted by molar-refractivity contribution is 7.15. The zero-order valence-electron chi connectivity index (χ0n) is 14.6. The molecule has 2 aromatic rings. The molecule has 0 aliphatic carbocycles. The second-order valence-corrected chi connectivity index (χ2v) is 8.04. The van der Waals surface area contributed by atoms with E-state index in [1.54, 1.807) is 24.6 Å². The minimum absolute atomic E-state index is 0.0121. The lowest BCUT2D eigenvalue weighted by Gasteiger charge is -2.45. The first kappa shape index (κ1) is 18.5. The number of aromatic nitrogens is 2. The summed E-state index contributed by atoms with van der Waals surface area (Å²) >= 11 is 1.76. The second kappa shape index (κ2) is 8.42. The summed E-state index contributed by atoms with van der Waals surface area (Å²) < 4.78 is 5.13. The number of thiophene rings is 1. The molecule has 3 rings (SSSR count). The molecule has 3 N–H and O–H groups in total. The van der Waals surface area contributed by atoms with Crippen molar-refractivity contribution in [2.45, 2.75) is 31.9 Å². The maximum Gasteiger partial charge on any atom is 0.0749 e. The van der Waals surface area contributed by atoms with Gasteiger partial charge in [-0.05, 0) is 37.5 Å². The number of nitrogens with zero attached hydrogens (tertiary/aromatic N) is 2. The molecular weight excluding hydrogens is 338 g/mol. The normalized spacial score (nSPS) is 24.7. The van der Waals surface area contributed by atoms with E-state index in [9.17, 15) is 10.2 Å². The van der Waals surface area contributed by atoms with Crippen molar-refractivity contribution < 1.29 is 14.9 Å². The number of nitrogens with one attached hydrogen (secondary N) is 1. The van der Waals surface area contributed by atoms with E-state index < -0.39 is 11.5 Å². The minimum Gasteiger partial charge on any atom is -0.396 e. The fourth-order valence-electron chi connectivity index (χ4n) is 3.65. The summed E-state index contributed by atoms with van der Waals surface area (Å²) in [4.78, 5) is 4.81. The first-order valence-electron chi connectivity index (χ1n) is 8.75. The Kier molecular flexibility index (Phi) is 6.24. The Bertz CT molecular complexity index is 646. The second-order valence-electron chi connectivity index (χ2n) is 6.87. The van der Waals surface area contributed by atoms with Crippen LogP contribution in [0.4, 0.5) is 0 Å². The lowest BCUT2D eigenvalue weighted by Crippen LogP contribution is -2.53. The number of methoxy groups -OCH3 is 1. The molecule has 0 radical (unpaired) electrons. The summed E-state index contributed by atoms with van der Waals surface area (Å²) in [6, 6.07) is 6.24. The molecule has 7 heteroatoms. The average Bonchev–Trinajstić information content (AvgIpc) is 3.29. The number of H-pyrrole nitrogens is 1. The van der Waals surface area contributed by atoms with E-state index in [4.69, 9.17) is 4.74 Å². The number of hydrogen-bond acceptors (Lipinski definition) is 6. The smallest absolute Gasteiger partial charge is 0.0749 e. The van der Waals surface area contributed by atoms with Gasteiger partial charge in [0.25, 0.3) is 0 Å². The van der Waals surface area contributed by atoms with Gasteiger partial charge in [-0.2, -0.15) is 5.10 Å². The Morgan fingerprint density at radius 2 is 2.32 bits per heavy atom. The molecule has 0 saturated carbocycles. The summed E-state index contributed by atoms with van der Waals surface area (Å²) in [6.07, 6.45) is 3.64. The van der Waals surface area contributed by atoms with E-state index in [-0.39, 0.29) is 6.61 Å². The number of piperidine rings is 1. The van der Waals surface area contributed by atoms with Gasteiger partial charge in [0.2, 0.25) is 0 Å². The van der Waals surface area contributed by atoms with Crippen LogP contribution < -0.4 is 0 Å². The van der Waals surface area contributed by atoms with Crippen molar-refractivity contribution in [1.82, 2.24) is 15.1 Å². The molecule has 2 aromatic heterocycles. The largest absolute Gasteiger partial charge is 0.396 e. The van der Waals surface area contributed by atoms with E-state index in [2.05, 4.69) is 27.2 Å². The summed E-state index contributed by atoms with van der Waals surface area (Å²) in [5.74, 6) is 0. The van der Waals surface area contributed by atoms with E-state index >= 15 is 0 Å². The molecule has 1 aliphatic rings. The monoisotopic (exact) mass is 365 g/mol. The van der Waals surface area contributed by atoms with E-state index in [0.717, 1.165) is 31.6 Å². The van der Waals surface area contributed by atoms with Gasteiger partial charge in [-0.15, -0.1) is 11.3 Å². The highest BCUT2D eigenvalue weighted by atomic mass is 32.1. The van der Waals surface area contributed by atoms with Crippen molar-refractivity contribution in [1.29, 1.82) is 0 Å². The number of ether oxygens (including phenoxy) is 1. The molecule has 3 heterocycles. The van der Waals surface area contributed by atoms with Gasteiger partial charge in [-0.1, -0.05) is 0 Å². The zero-order chi connectivity index (χ0) is 17.7. The van der Waals surface area contributed by atoms with Crippen LogP contribution in [0.1, 0.15) is 24.1 Å². The minimum atomic E-state index is -0.450. The third-order valence-corrected chi connectivity index (χ3v) is 6.21. The molecule has 1 aliphatic heterocycles. The molecule has 6 nitrogen and oxygen atoms in total. The number of rotatable bonds is 8. The molecule has 0 unspecified atom stereocenters. The van der Waals surface area contributed by atoms with E-state index in [1.165, 1.54) is 9.75 Å². The van der Waals surface area contributed by atoms with Crippen LogP contribution in [0.3, 0.4) is 0 Å². The zero-order valence-corrected chi connectivity index (χ0v) is 15.5. The number of hydrogen-bond donors (Lipinski definition) is 3. The van der Waals surface area contributed by atoms with Gasteiger partial charge < -0.3 is 14.9 Å². The van der Waals surface area contributed by atoms with Gasteiger partial charge >= 0.3 is 0 Å². The third-order valence-electron chi connectivity index (χ3n) is 5.11. The molecular formula is C18H27N3O3S. The molecule has 0 bridgehead atoms. The van der Waals surface area contributed by atoms with Crippen molar-refractivity contribution in [2.24, 2.45) is 5.41 Å². The summed E-state index contributed by atoms with van der Waals surface area (Å²) in [5, 5.41) is 27.5. The molecule has 1 fully saturated rings. The maximum absolute atomic E-state index is 10.5. The average molecular weight is 365 g/mol. The summed E-state index contributed by atoms with van der Waals surface area (Å²) in [6.45, 7) is 3.08. The van der Waals surface area contributed by atoms with E-state index in [1.807, 2.05) is 6.07 Å². The number of aromatic amines is 1. The predicted molar refractivity (Wildman–Crippen MR) is 98.4 cm³/mol. The molecule has 1 saturated heterocycles. The van der Waals surface area contributed by atoms with Crippen molar-refractivity contribution in [2.75, 3.05) is 33.4 Å². The molecule has 138 valence electrons. The van der Waals surface area contributed by atoms with Crippen LogP contribution >= 0.6 is 11.3 Å². The number of aliphatic hydroxyl groups is 2. The first-order valence-corrected chi connectivity index (χ1v) is 9.57. The van der Waals surface area contributed by atoms with Crippen LogP contribution in [0.2, 0.25) is 0 Å². The summed E-state index contributed by atoms with van der Waals surface area (Å²) in [5.41, 5.74) is 0.592. The van der Waals surface area contributed by atoms with Gasteiger partial charge in [0.05, 0.1) is 23.3 Å². The Morgan fingerprint density at radius 3 is 3.04 bits per heavy atom. The number of aliphatic hydroxyl groups excluding tert-OH is 2. The van der Waals surface area contributed by atoms with Crippen molar-refractivity contribution >= 4 is 11.3 Å². The lowest BCUT2D eigenvalue weighted by atomic mass is 9.74. The van der Waals surface area contributed by atoms with Crippen LogP contribution in [0.25, 0.3) is 10.6 Å². The van der Waals surface area contributed by atoms with E-state index in [0.29, 0.717) is 19.6 Å². The fraction of sp³-hybridized carbons (Fsp3) is 0.611. The predicted octanol–water partition coefficient (Wildman–Crippen LogP) is 2.11. The molecule has 0 aromatic carbocycles. The van der Waals surface area contributed by atoms with Gasteiger partial charge in [-0.25, -0.2) is 0 Å². The van der Waals surface area contributed by atoms with Gasteiger partial charge in [0.15, 0.2) is 0 Å². The Balaban J connectivity index is 1.64. The highest BCUT2D eigenvalue weighted by Crippen LogP contribution is 2.36. The Hall–Kier alpha value is -1.25. The van der Waals surface area contributed by atoms with Crippen LogP contribution in [0.5, 0.6) is 0 Å². The van der Waals surface area contributed by atoms with Crippen LogP contribution in [0, 0.1) is 5.41 Å². The van der Waals surface area contributed by atoms with Crippen LogP contribution in [-0.2, 0) is 11.3 Å². The quantitative estimate of drug-likeness (QED) is 0.624. The summed E-state index contributed by atoms with van der Waals surface area (Å²) in [7, 11) is 1.68. The van der Waals surface area contributed by atoms with Crippen molar-refractivity contribution in [3.05, 3.63) is 29.3 Å². The Labute approximate surface area is 152 Å². The van der Waals surface area contributed by atoms with Crippen LogP contribution in [-0.4, -0.2) is 64.8 Å². The third kappa shape index (κ3) is 4.30. The number of likely N-dealkylation sites (tertiary alicyclic amines) is 1. The molecule has 0 spiro atoms. The lowest BCUT2D eigenvalue weighted by molar-refractivity contribution is -0.0841. The van der Waals surface area contributed by atoms with Crippen molar-refractivity contribution in [3.8, 4) is 10.6 Å². The molecule has 25 heavy (non-hydrogen) atoms.